The van der Waals surface area contributed by atoms with E-state index in [0.29, 0.717) is 18.0 Å². The van der Waals surface area contributed by atoms with E-state index in [1.807, 2.05) is 12.1 Å². The molecule has 0 N–H and O–H groups in total. The van der Waals surface area contributed by atoms with Crippen LogP contribution in [0.25, 0.3) is 0 Å². The molecule has 0 fully saturated rings. The smallest absolute Gasteiger partial charge is 0.278 e. The van der Waals surface area contributed by atoms with Crippen LogP contribution in [0.5, 0.6) is 11.5 Å². The Kier molecular flexibility index (Phi) is 3.91. The van der Waals surface area contributed by atoms with Crippen molar-refractivity contribution in [1.29, 1.82) is 0 Å². The van der Waals surface area contributed by atoms with Gasteiger partial charge in [-0.1, -0.05) is 0 Å². The molecule has 114 valence electrons. The first-order valence-electron chi connectivity index (χ1n) is 7.09. The summed E-state index contributed by atoms with van der Waals surface area (Å²) in [5.74, 6) is 1.24. The van der Waals surface area contributed by atoms with Gasteiger partial charge in [0.15, 0.2) is 5.69 Å². The second kappa shape index (κ2) is 6.01. The van der Waals surface area contributed by atoms with Gasteiger partial charge in [-0.3, -0.25) is 4.79 Å². The van der Waals surface area contributed by atoms with Crippen molar-refractivity contribution in [3.8, 4) is 11.5 Å². The van der Waals surface area contributed by atoms with Crippen molar-refractivity contribution in [2.75, 3.05) is 25.7 Å². The van der Waals surface area contributed by atoms with Crippen LogP contribution in [-0.2, 0) is 6.42 Å². The molecule has 1 amide bonds. The summed E-state index contributed by atoms with van der Waals surface area (Å²) in [5, 5.41) is 7.69. The van der Waals surface area contributed by atoms with Crippen molar-refractivity contribution < 1.29 is 14.3 Å². The van der Waals surface area contributed by atoms with E-state index >= 15 is 0 Å². The lowest BCUT2D eigenvalue weighted by atomic mass is 9.99. The number of fused-ring (bicyclic) bond motifs is 1. The fourth-order valence-electron chi connectivity index (χ4n) is 2.70. The molecule has 0 spiro atoms. The zero-order valence-electron chi connectivity index (χ0n) is 12.6. The Labute approximate surface area is 128 Å². The second-order valence-electron chi connectivity index (χ2n) is 5.00. The first kappa shape index (κ1) is 14.3. The maximum atomic E-state index is 12.7. The summed E-state index contributed by atoms with van der Waals surface area (Å²) in [7, 11) is 3.22. The van der Waals surface area contributed by atoms with Gasteiger partial charge in [-0.25, -0.2) is 0 Å². The summed E-state index contributed by atoms with van der Waals surface area (Å²) in [6.07, 6.45) is 3.29. The van der Waals surface area contributed by atoms with E-state index in [1.165, 1.54) is 0 Å². The van der Waals surface area contributed by atoms with Gasteiger partial charge in [-0.2, -0.15) is 5.10 Å². The molecule has 1 aromatic carbocycles. The molecule has 0 aliphatic carbocycles. The zero-order chi connectivity index (χ0) is 15.5. The van der Waals surface area contributed by atoms with E-state index in [9.17, 15) is 4.79 Å². The van der Waals surface area contributed by atoms with Gasteiger partial charge >= 0.3 is 0 Å². The highest BCUT2D eigenvalue weighted by Crippen LogP contribution is 2.38. The highest BCUT2D eigenvalue weighted by Gasteiger charge is 2.27. The van der Waals surface area contributed by atoms with Gasteiger partial charge in [0.05, 0.1) is 19.9 Å². The Morgan fingerprint density at radius 1 is 1.27 bits per heavy atom. The van der Waals surface area contributed by atoms with Crippen LogP contribution in [0.3, 0.4) is 0 Å². The molecule has 2 aromatic rings. The van der Waals surface area contributed by atoms with Crippen LogP contribution in [0.1, 0.15) is 22.5 Å². The van der Waals surface area contributed by atoms with Crippen LogP contribution < -0.4 is 14.4 Å². The highest BCUT2D eigenvalue weighted by atomic mass is 16.5. The Morgan fingerprint density at radius 2 is 2.14 bits per heavy atom. The molecule has 0 unspecified atom stereocenters. The Hall–Kier alpha value is -2.63. The Morgan fingerprint density at radius 3 is 2.82 bits per heavy atom. The molecule has 6 nitrogen and oxygen atoms in total. The molecular formula is C16H17N3O3. The number of aromatic nitrogens is 2. The molecule has 22 heavy (non-hydrogen) atoms. The molecular weight excluding hydrogens is 282 g/mol. The zero-order valence-corrected chi connectivity index (χ0v) is 12.6. The molecule has 1 aliphatic rings. The number of nitrogens with zero attached hydrogens (tertiary/aromatic N) is 3. The van der Waals surface area contributed by atoms with Crippen LogP contribution in [0.15, 0.2) is 30.5 Å². The van der Waals surface area contributed by atoms with Gasteiger partial charge < -0.3 is 14.4 Å². The topological polar surface area (TPSA) is 64.6 Å². The summed E-state index contributed by atoms with van der Waals surface area (Å²) in [5.41, 5.74) is 2.17. The van der Waals surface area contributed by atoms with E-state index in [4.69, 9.17) is 9.47 Å². The van der Waals surface area contributed by atoms with Crippen LogP contribution in [0.2, 0.25) is 0 Å². The van der Waals surface area contributed by atoms with Gasteiger partial charge in [-0.05, 0) is 25.0 Å². The minimum atomic E-state index is -0.163. The third kappa shape index (κ3) is 2.47. The Bertz CT molecular complexity index is 689. The van der Waals surface area contributed by atoms with Crippen molar-refractivity contribution in [2.45, 2.75) is 12.8 Å². The van der Waals surface area contributed by atoms with Crippen molar-refractivity contribution in [3.05, 3.63) is 41.7 Å². The third-order valence-electron chi connectivity index (χ3n) is 3.75. The molecule has 1 aliphatic heterocycles. The van der Waals surface area contributed by atoms with Crippen molar-refractivity contribution in [2.24, 2.45) is 0 Å². The molecule has 0 saturated carbocycles. The number of ether oxygens (including phenoxy) is 2. The van der Waals surface area contributed by atoms with Gasteiger partial charge in [0, 0.05) is 30.4 Å². The third-order valence-corrected chi connectivity index (χ3v) is 3.75. The summed E-state index contributed by atoms with van der Waals surface area (Å²) >= 11 is 0. The lowest BCUT2D eigenvalue weighted by Crippen LogP contribution is -2.36. The number of anilines is 1. The van der Waals surface area contributed by atoms with Crippen molar-refractivity contribution in [1.82, 2.24) is 10.2 Å². The number of amides is 1. The van der Waals surface area contributed by atoms with Crippen LogP contribution in [0.4, 0.5) is 5.69 Å². The number of methoxy groups -OCH3 is 2. The van der Waals surface area contributed by atoms with Crippen molar-refractivity contribution >= 4 is 11.6 Å². The van der Waals surface area contributed by atoms with E-state index in [2.05, 4.69) is 10.2 Å². The standard InChI is InChI=1S/C16H17N3O3/c1-21-11-9-14-12(15(10-11)22-2)5-4-8-19(14)16(20)13-6-3-7-17-18-13/h3,6-7,9-10H,4-5,8H2,1-2H3. The van der Waals surface area contributed by atoms with Crippen LogP contribution in [0, 0.1) is 0 Å². The monoisotopic (exact) mass is 299 g/mol. The predicted octanol–water partition coefficient (Wildman–Crippen LogP) is 2.09. The average molecular weight is 299 g/mol. The summed E-state index contributed by atoms with van der Waals surface area (Å²) in [4.78, 5) is 14.4. The molecule has 0 saturated heterocycles. The maximum Gasteiger partial charge on any atom is 0.278 e. The van der Waals surface area contributed by atoms with Crippen LogP contribution >= 0.6 is 0 Å². The fraction of sp³-hybridized carbons (Fsp3) is 0.312. The predicted molar refractivity (Wildman–Crippen MR) is 81.6 cm³/mol. The molecule has 6 heteroatoms. The van der Waals surface area contributed by atoms with Gasteiger partial charge in [0.2, 0.25) is 0 Å². The quantitative estimate of drug-likeness (QED) is 0.868. The summed E-state index contributed by atoms with van der Waals surface area (Å²) < 4.78 is 10.8. The minimum absolute atomic E-state index is 0.163. The molecule has 3 rings (SSSR count). The first-order valence-corrected chi connectivity index (χ1v) is 7.09. The van der Waals surface area contributed by atoms with Gasteiger partial charge in [0.1, 0.15) is 11.5 Å². The SMILES string of the molecule is COc1cc(OC)c2c(c1)N(C(=O)c1cccnn1)CCC2. The number of carbonyl (C=O) groups excluding carboxylic acids is 1. The number of hydrogen-bond acceptors (Lipinski definition) is 5. The average Bonchev–Trinajstić information content (AvgIpc) is 2.60. The van der Waals surface area contributed by atoms with E-state index < -0.39 is 0 Å². The normalized spacial score (nSPS) is 13.5. The largest absolute Gasteiger partial charge is 0.497 e. The molecule has 0 atom stereocenters. The molecule has 1 aromatic heterocycles. The number of carbonyl (C=O) groups is 1. The first-order chi connectivity index (χ1) is 10.7. The van der Waals surface area contributed by atoms with Crippen molar-refractivity contribution in [3.63, 3.8) is 0 Å². The van der Waals surface area contributed by atoms with E-state index in [1.54, 1.807) is 37.4 Å². The molecule has 2 heterocycles. The Balaban J connectivity index is 2.05. The number of benzene rings is 1. The summed E-state index contributed by atoms with van der Waals surface area (Å²) in [6, 6.07) is 7.08. The summed E-state index contributed by atoms with van der Waals surface area (Å²) in [6.45, 7) is 0.638. The van der Waals surface area contributed by atoms with Gasteiger partial charge in [0.25, 0.3) is 5.91 Å². The number of rotatable bonds is 3. The maximum absolute atomic E-state index is 12.7. The lowest BCUT2D eigenvalue weighted by molar-refractivity contribution is 0.0979. The lowest BCUT2D eigenvalue weighted by Gasteiger charge is -2.30. The minimum Gasteiger partial charge on any atom is -0.497 e. The van der Waals surface area contributed by atoms with Gasteiger partial charge in [-0.15, -0.1) is 5.10 Å². The second-order valence-corrected chi connectivity index (χ2v) is 5.00. The van der Waals surface area contributed by atoms with Crippen LogP contribution in [-0.4, -0.2) is 36.9 Å². The molecule has 0 bridgehead atoms. The van der Waals surface area contributed by atoms with E-state index in [0.717, 1.165) is 29.8 Å². The van der Waals surface area contributed by atoms with E-state index in [-0.39, 0.29) is 5.91 Å². The fourth-order valence-corrected chi connectivity index (χ4v) is 2.70. The molecule has 0 radical (unpaired) electrons. The highest BCUT2D eigenvalue weighted by molar-refractivity contribution is 6.05. The number of hydrogen-bond donors (Lipinski definition) is 0.